The number of aromatic nitrogens is 2. The Labute approximate surface area is 180 Å². The molecule has 1 heterocycles. The van der Waals surface area contributed by atoms with Crippen molar-refractivity contribution < 1.29 is 19.0 Å². The van der Waals surface area contributed by atoms with Crippen LogP contribution in [0.15, 0.2) is 42.5 Å². The predicted molar refractivity (Wildman–Crippen MR) is 118 cm³/mol. The molecule has 0 aliphatic rings. The van der Waals surface area contributed by atoms with Crippen molar-refractivity contribution in [2.75, 3.05) is 26.1 Å². The summed E-state index contributed by atoms with van der Waals surface area (Å²) in [6.45, 7) is 6.33. The van der Waals surface area contributed by atoms with Gasteiger partial charge in [0.15, 0.2) is 18.1 Å². The molecule has 8 heteroatoms. The topological polar surface area (TPSA) is 82.6 Å². The smallest absolute Gasteiger partial charge is 0.264 e. The highest BCUT2D eigenvalue weighted by Crippen LogP contribution is 2.34. The second-order valence-electron chi connectivity index (χ2n) is 7.59. The van der Waals surface area contributed by atoms with E-state index in [1.54, 1.807) is 20.3 Å². The highest BCUT2D eigenvalue weighted by atomic mass is 32.1. The van der Waals surface area contributed by atoms with Crippen molar-refractivity contribution in [1.82, 2.24) is 10.2 Å². The highest BCUT2D eigenvalue weighted by Gasteiger charge is 2.14. The van der Waals surface area contributed by atoms with Gasteiger partial charge in [-0.05, 0) is 41.3 Å². The maximum Gasteiger partial charge on any atom is 0.264 e. The van der Waals surface area contributed by atoms with E-state index in [-0.39, 0.29) is 17.9 Å². The van der Waals surface area contributed by atoms with E-state index in [2.05, 4.69) is 36.3 Å². The summed E-state index contributed by atoms with van der Waals surface area (Å²) < 4.78 is 16.1. The van der Waals surface area contributed by atoms with E-state index in [1.165, 1.54) is 16.9 Å². The number of hydrogen-bond donors (Lipinski definition) is 1. The molecule has 1 aromatic heterocycles. The number of methoxy groups -OCH3 is 2. The Hall–Kier alpha value is -3.13. The number of rotatable bonds is 7. The van der Waals surface area contributed by atoms with Gasteiger partial charge in [0.1, 0.15) is 10.8 Å². The quantitative estimate of drug-likeness (QED) is 0.596. The molecule has 0 atom stereocenters. The SMILES string of the molecule is COc1ccc(-c2nnc(NC(=O)COc3ccc(C(C)(C)C)cc3)s2)cc1OC. The molecule has 0 spiro atoms. The average molecular weight is 428 g/mol. The van der Waals surface area contributed by atoms with Gasteiger partial charge >= 0.3 is 0 Å². The summed E-state index contributed by atoms with van der Waals surface area (Å²) in [5.41, 5.74) is 2.09. The molecular weight excluding hydrogens is 402 g/mol. The van der Waals surface area contributed by atoms with Crippen molar-refractivity contribution in [2.24, 2.45) is 0 Å². The summed E-state index contributed by atoms with van der Waals surface area (Å²) in [6.07, 6.45) is 0. The van der Waals surface area contributed by atoms with Gasteiger partial charge < -0.3 is 14.2 Å². The number of hydrogen-bond acceptors (Lipinski definition) is 7. The molecule has 0 saturated carbocycles. The maximum atomic E-state index is 12.2. The van der Waals surface area contributed by atoms with Crippen LogP contribution in [0.3, 0.4) is 0 Å². The van der Waals surface area contributed by atoms with E-state index >= 15 is 0 Å². The lowest BCUT2D eigenvalue weighted by atomic mass is 9.87. The molecule has 30 heavy (non-hydrogen) atoms. The zero-order chi connectivity index (χ0) is 21.7. The molecule has 1 N–H and O–H groups in total. The fourth-order valence-corrected chi connectivity index (χ4v) is 3.47. The standard InChI is InChI=1S/C22H25N3O4S/c1-22(2,3)15-7-9-16(10-8-15)29-13-19(26)23-21-25-24-20(30-21)14-6-11-17(27-4)18(12-14)28-5/h6-12H,13H2,1-5H3,(H,23,25,26). The Kier molecular flexibility index (Phi) is 6.56. The number of benzene rings is 2. The summed E-state index contributed by atoms with van der Waals surface area (Å²) in [5.74, 6) is 1.57. The van der Waals surface area contributed by atoms with Gasteiger partial charge in [0.05, 0.1) is 14.2 Å². The van der Waals surface area contributed by atoms with Gasteiger partial charge in [-0.15, -0.1) is 10.2 Å². The van der Waals surface area contributed by atoms with Crippen molar-refractivity contribution in [1.29, 1.82) is 0 Å². The van der Waals surface area contributed by atoms with Crippen LogP contribution in [0.2, 0.25) is 0 Å². The van der Waals surface area contributed by atoms with Crippen molar-refractivity contribution in [3.05, 3.63) is 48.0 Å². The largest absolute Gasteiger partial charge is 0.493 e. The Balaban J connectivity index is 1.59. The first-order valence-corrected chi connectivity index (χ1v) is 10.2. The number of nitrogens with zero attached hydrogens (tertiary/aromatic N) is 2. The lowest BCUT2D eigenvalue weighted by molar-refractivity contribution is -0.118. The fourth-order valence-electron chi connectivity index (χ4n) is 2.72. The molecule has 1 amide bonds. The minimum absolute atomic E-state index is 0.0688. The van der Waals surface area contributed by atoms with Crippen LogP contribution < -0.4 is 19.5 Å². The van der Waals surface area contributed by atoms with Crippen LogP contribution in [0.1, 0.15) is 26.3 Å². The molecule has 0 fully saturated rings. The van der Waals surface area contributed by atoms with E-state index in [1.807, 2.05) is 36.4 Å². The lowest BCUT2D eigenvalue weighted by Crippen LogP contribution is -2.20. The van der Waals surface area contributed by atoms with Gasteiger partial charge in [-0.2, -0.15) is 0 Å². The van der Waals surface area contributed by atoms with Crippen LogP contribution >= 0.6 is 11.3 Å². The molecule has 2 aromatic carbocycles. The van der Waals surface area contributed by atoms with Crippen molar-refractivity contribution in [3.63, 3.8) is 0 Å². The van der Waals surface area contributed by atoms with Crippen molar-refractivity contribution in [3.8, 4) is 27.8 Å². The number of amides is 1. The van der Waals surface area contributed by atoms with Gasteiger partial charge in [0.25, 0.3) is 5.91 Å². The summed E-state index contributed by atoms with van der Waals surface area (Å²) in [4.78, 5) is 12.2. The number of nitrogens with one attached hydrogen (secondary N) is 1. The first-order valence-electron chi connectivity index (χ1n) is 9.39. The average Bonchev–Trinajstić information content (AvgIpc) is 3.19. The molecule has 0 aliphatic carbocycles. The minimum Gasteiger partial charge on any atom is -0.493 e. The molecule has 7 nitrogen and oxygen atoms in total. The van der Waals surface area contributed by atoms with E-state index in [0.717, 1.165) is 5.56 Å². The van der Waals surface area contributed by atoms with E-state index in [4.69, 9.17) is 14.2 Å². The zero-order valence-electron chi connectivity index (χ0n) is 17.7. The van der Waals surface area contributed by atoms with Gasteiger partial charge in [0, 0.05) is 5.56 Å². The van der Waals surface area contributed by atoms with Gasteiger partial charge in [-0.3, -0.25) is 10.1 Å². The van der Waals surface area contributed by atoms with Crippen molar-refractivity contribution >= 4 is 22.4 Å². The molecule has 0 unspecified atom stereocenters. The van der Waals surface area contributed by atoms with E-state index in [9.17, 15) is 4.79 Å². The van der Waals surface area contributed by atoms with Gasteiger partial charge in [-0.1, -0.05) is 44.2 Å². The maximum absolute atomic E-state index is 12.2. The first kappa shape index (κ1) is 21.6. The number of carbonyl (C=O) groups excluding carboxylic acids is 1. The second-order valence-corrected chi connectivity index (χ2v) is 8.57. The molecule has 0 bridgehead atoms. The normalized spacial score (nSPS) is 11.1. The molecule has 0 radical (unpaired) electrons. The van der Waals surface area contributed by atoms with Crippen LogP contribution in [-0.4, -0.2) is 36.9 Å². The molecule has 3 aromatic rings. The monoisotopic (exact) mass is 427 g/mol. The third-order valence-electron chi connectivity index (χ3n) is 4.39. The summed E-state index contributed by atoms with van der Waals surface area (Å²) in [6, 6.07) is 13.2. The van der Waals surface area contributed by atoms with Gasteiger partial charge in [0.2, 0.25) is 5.13 Å². The van der Waals surface area contributed by atoms with Crippen molar-refractivity contribution in [2.45, 2.75) is 26.2 Å². The minimum atomic E-state index is -0.301. The number of anilines is 1. The van der Waals surface area contributed by atoms with E-state index < -0.39 is 0 Å². The first-order chi connectivity index (χ1) is 14.3. The second kappa shape index (κ2) is 9.13. The Bertz CT molecular complexity index is 1010. The zero-order valence-corrected chi connectivity index (χ0v) is 18.5. The third kappa shape index (κ3) is 5.27. The lowest BCUT2D eigenvalue weighted by Gasteiger charge is -2.19. The van der Waals surface area contributed by atoms with Crippen LogP contribution in [0, 0.1) is 0 Å². The Morgan fingerprint density at radius 2 is 1.70 bits per heavy atom. The fraction of sp³-hybridized carbons (Fsp3) is 0.318. The third-order valence-corrected chi connectivity index (χ3v) is 5.28. The van der Waals surface area contributed by atoms with Crippen LogP contribution in [0.25, 0.3) is 10.6 Å². The molecule has 0 saturated heterocycles. The predicted octanol–water partition coefficient (Wildman–Crippen LogP) is 4.54. The summed E-state index contributed by atoms with van der Waals surface area (Å²) >= 11 is 1.27. The number of ether oxygens (including phenoxy) is 3. The number of carbonyl (C=O) groups is 1. The van der Waals surface area contributed by atoms with Crippen LogP contribution in [0.4, 0.5) is 5.13 Å². The highest BCUT2D eigenvalue weighted by molar-refractivity contribution is 7.18. The molecule has 0 aliphatic heterocycles. The molecule has 3 rings (SSSR count). The summed E-state index contributed by atoms with van der Waals surface area (Å²) in [5, 5.41) is 11.9. The molecular formula is C22H25N3O4S. The molecule has 158 valence electrons. The van der Waals surface area contributed by atoms with E-state index in [0.29, 0.717) is 27.4 Å². The van der Waals surface area contributed by atoms with Crippen LogP contribution in [-0.2, 0) is 10.2 Å². The van der Waals surface area contributed by atoms with Gasteiger partial charge in [-0.25, -0.2) is 0 Å². The van der Waals surface area contributed by atoms with Crippen LogP contribution in [0.5, 0.6) is 17.2 Å². The summed E-state index contributed by atoms with van der Waals surface area (Å²) in [7, 11) is 3.15. The Morgan fingerprint density at radius 3 is 2.33 bits per heavy atom. The Morgan fingerprint density at radius 1 is 1.00 bits per heavy atom.